The van der Waals surface area contributed by atoms with E-state index in [9.17, 15) is 14.6 Å². The molecule has 0 radical (unpaired) electrons. The molecule has 4 N–H and O–H groups in total. The average molecular weight is 377 g/mol. The number of anilines is 1. The minimum absolute atomic E-state index is 0.227. The van der Waals surface area contributed by atoms with Gasteiger partial charge < -0.3 is 20.7 Å². The van der Waals surface area contributed by atoms with E-state index >= 15 is 0 Å². The maximum atomic E-state index is 13.0. The van der Waals surface area contributed by atoms with Crippen molar-refractivity contribution in [1.82, 2.24) is 19.5 Å². The predicted molar refractivity (Wildman–Crippen MR) is 92.8 cm³/mol. The lowest BCUT2D eigenvalue weighted by atomic mass is 10.1. The van der Waals surface area contributed by atoms with Crippen LogP contribution in [-0.4, -0.2) is 53.8 Å². The molecule has 1 aliphatic rings. The third kappa shape index (κ3) is 3.01. The van der Waals surface area contributed by atoms with E-state index in [4.69, 9.17) is 10.5 Å². The fourth-order valence-electron chi connectivity index (χ4n) is 2.86. The molecular formula is C16H16FN5O3S. The van der Waals surface area contributed by atoms with Crippen molar-refractivity contribution in [2.24, 2.45) is 0 Å². The smallest absolute Gasteiger partial charge is 0.167 e. The number of nitrogen functional groups attached to an aromatic ring is 1. The van der Waals surface area contributed by atoms with Crippen LogP contribution in [0.15, 0.2) is 41.8 Å². The Morgan fingerprint density at radius 1 is 1.15 bits per heavy atom. The molecule has 2 unspecified atom stereocenters. The summed E-state index contributed by atoms with van der Waals surface area (Å²) in [6, 6.07) is 6.04. The van der Waals surface area contributed by atoms with Crippen LogP contribution in [0.1, 0.15) is 6.23 Å². The molecule has 0 amide bonds. The van der Waals surface area contributed by atoms with Crippen LogP contribution in [-0.2, 0) is 4.74 Å². The van der Waals surface area contributed by atoms with Crippen molar-refractivity contribution < 1.29 is 19.3 Å². The van der Waals surface area contributed by atoms with Gasteiger partial charge in [0.2, 0.25) is 0 Å². The van der Waals surface area contributed by atoms with Crippen molar-refractivity contribution in [3.8, 4) is 0 Å². The number of benzene rings is 1. The predicted octanol–water partition coefficient (Wildman–Crippen LogP) is 0.959. The van der Waals surface area contributed by atoms with Crippen LogP contribution in [0, 0.1) is 5.82 Å². The highest BCUT2D eigenvalue weighted by Crippen LogP contribution is 2.34. The van der Waals surface area contributed by atoms with Crippen LogP contribution in [0.4, 0.5) is 10.2 Å². The van der Waals surface area contributed by atoms with Gasteiger partial charge in [-0.05, 0) is 24.3 Å². The summed E-state index contributed by atoms with van der Waals surface area (Å²) in [6.45, 7) is 0. The lowest BCUT2D eigenvalue weighted by molar-refractivity contribution is -0.0289. The fourth-order valence-corrected chi connectivity index (χ4v) is 3.82. The van der Waals surface area contributed by atoms with Gasteiger partial charge in [0.25, 0.3) is 0 Å². The van der Waals surface area contributed by atoms with Crippen molar-refractivity contribution in [2.75, 3.05) is 11.5 Å². The molecule has 4 rings (SSSR count). The quantitative estimate of drug-likeness (QED) is 0.575. The molecule has 3 heterocycles. The van der Waals surface area contributed by atoms with Gasteiger partial charge in [0.1, 0.15) is 29.9 Å². The minimum atomic E-state index is -1.15. The zero-order valence-electron chi connectivity index (χ0n) is 13.4. The molecule has 136 valence electrons. The van der Waals surface area contributed by atoms with Crippen LogP contribution in [0.25, 0.3) is 11.2 Å². The molecule has 0 bridgehead atoms. The Bertz CT molecular complexity index is 922. The molecule has 0 saturated carbocycles. The zero-order valence-corrected chi connectivity index (χ0v) is 14.3. The van der Waals surface area contributed by atoms with Crippen LogP contribution >= 0.6 is 11.8 Å². The number of fused-ring (bicyclic) bond motifs is 1. The Morgan fingerprint density at radius 3 is 2.69 bits per heavy atom. The maximum absolute atomic E-state index is 13.0. The highest BCUT2D eigenvalue weighted by Gasteiger charge is 2.44. The van der Waals surface area contributed by atoms with Crippen molar-refractivity contribution >= 4 is 28.7 Å². The van der Waals surface area contributed by atoms with E-state index in [1.807, 2.05) is 0 Å². The van der Waals surface area contributed by atoms with Gasteiger partial charge in [-0.2, -0.15) is 0 Å². The number of nitrogens with zero attached hydrogens (tertiary/aromatic N) is 4. The summed E-state index contributed by atoms with van der Waals surface area (Å²) in [6.07, 6.45) is -0.932. The van der Waals surface area contributed by atoms with Gasteiger partial charge in [0.15, 0.2) is 17.7 Å². The first-order valence-corrected chi connectivity index (χ1v) is 8.86. The Kier molecular flexibility index (Phi) is 4.49. The summed E-state index contributed by atoms with van der Waals surface area (Å²) in [4.78, 5) is 13.0. The normalized spacial score (nSPS) is 25.8. The number of thioether (sulfide) groups is 1. The van der Waals surface area contributed by atoms with Crippen molar-refractivity contribution in [3.63, 3.8) is 0 Å². The highest BCUT2D eigenvalue weighted by molar-refractivity contribution is 7.99. The number of aromatic nitrogens is 4. The molecule has 0 aliphatic carbocycles. The molecule has 3 aromatic rings. The van der Waals surface area contributed by atoms with Crippen LogP contribution in [0.2, 0.25) is 0 Å². The van der Waals surface area contributed by atoms with Gasteiger partial charge in [0.05, 0.1) is 12.4 Å². The number of hydrogen-bond acceptors (Lipinski definition) is 8. The van der Waals surface area contributed by atoms with Crippen LogP contribution < -0.4 is 5.73 Å². The summed E-state index contributed by atoms with van der Waals surface area (Å²) in [5.74, 6) is 0.310. The van der Waals surface area contributed by atoms with Gasteiger partial charge in [-0.1, -0.05) is 0 Å². The number of nitrogens with two attached hydrogens (primary N) is 1. The van der Waals surface area contributed by atoms with E-state index in [1.54, 1.807) is 12.1 Å². The molecule has 26 heavy (non-hydrogen) atoms. The third-order valence-electron chi connectivity index (χ3n) is 4.23. The summed E-state index contributed by atoms with van der Waals surface area (Å²) in [7, 11) is 0. The highest BCUT2D eigenvalue weighted by atomic mass is 32.2. The lowest BCUT2D eigenvalue weighted by Gasteiger charge is -2.16. The van der Waals surface area contributed by atoms with Gasteiger partial charge in [-0.25, -0.2) is 19.3 Å². The van der Waals surface area contributed by atoms with E-state index in [-0.39, 0.29) is 11.6 Å². The first-order chi connectivity index (χ1) is 12.5. The first-order valence-electron chi connectivity index (χ1n) is 7.87. The lowest BCUT2D eigenvalue weighted by Crippen LogP contribution is -2.32. The molecule has 2 aromatic heterocycles. The Hall–Kier alpha value is -2.27. The number of rotatable bonds is 4. The number of aliphatic hydroxyl groups is 2. The molecule has 8 nitrogen and oxygen atoms in total. The summed E-state index contributed by atoms with van der Waals surface area (Å²) >= 11 is 1.40. The average Bonchev–Trinajstić information content (AvgIpc) is 3.18. The number of halogens is 1. The monoisotopic (exact) mass is 377 g/mol. The van der Waals surface area contributed by atoms with Crippen LogP contribution in [0.3, 0.4) is 0 Å². The van der Waals surface area contributed by atoms with E-state index in [0.717, 1.165) is 4.90 Å². The van der Waals surface area contributed by atoms with Gasteiger partial charge in [-0.15, -0.1) is 11.8 Å². The molecule has 1 fully saturated rings. The summed E-state index contributed by atoms with van der Waals surface area (Å²) in [5.41, 5.74) is 6.59. The number of imidazole rings is 1. The second-order valence-electron chi connectivity index (χ2n) is 5.89. The molecule has 1 aromatic carbocycles. The molecule has 10 heteroatoms. The molecule has 1 saturated heterocycles. The van der Waals surface area contributed by atoms with E-state index in [0.29, 0.717) is 16.9 Å². The standard InChI is InChI=1S/C16H16FN5O3S/c17-8-1-3-9(4-2-8)26-5-10-12(23)13(24)16(25-10)22-7-21-11-14(18)19-6-20-15(11)22/h1-4,6-7,10,12-13,16,23-24H,5H2,(H2,18,19,20)/t10?,12-,13-,16?/m1/s1. The van der Waals surface area contributed by atoms with E-state index < -0.39 is 24.5 Å². The fraction of sp³-hybridized carbons (Fsp3) is 0.312. The molecule has 1 aliphatic heterocycles. The van der Waals surface area contributed by atoms with E-state index in [2.05, 4.69) is 15.0 Å². The Labute approximate surface area is 151 Å². The molecular weight excluding hydrogens is 361 g/mol. The van der Waals surface area contributed by atoms with Gasteiger partial charge in [-0.3, -0.25) is 4.57 Å². The largest absolute Gasteiger partial charge is 0.387 e. The molecule has 4 atom stereocenters. The molecule has 0 spiro atoms. The number of aliphatic hydroxyl groups excluding tert-OH is 2. The summed E-state index contributed by atoms with van der Waals surface area (Å²) in [5, 5.41) is 20.7. The maximum Gasteiger partial charge on any atom is 0.167 e. The second kappa shape index (κ2) is 6.80. The first kappa shape index (κ1) is 17.2. The van der Waals surface area contributed by atoms with Crippen molar-refractivity contribution in [1.29, 1.82) is 0 Å². The van der Waals surface area contributed by atoms with Crippen molar-refractivity contribution in [2.45, 2.75) is 29.4 Å². The SMILES string of the molecule is Nc1ncnc2c1ncn2C1OC(CSc2ccc(F)cc2)[C@@H](O)[C@H]1O. The second-order valence-corrected chi connectivity index (χ2v) is 6.99. The van der Waals surface area contributed by atoms with Gasteiger partial charge in [0, 0.05) is 10.6 Å². The minimum Gasteiger partial charge on any atom is -0.387 e. The number of ether oxygens (including phenoxy) is 1. The zero-order chi connectivity index (χ0) is 18.3. The van der Waals surface area contributed by atoms with Crippen LogP contribution in [0.5, 0.6) is 0 Å². The van der Waals surface area contributed by atoms with Gasteiger partial charge >= 0.3 is 0 Å². The van der Waals surface area contributed by atoms with E-state index in [1.165, 1.54) is 41.1 Å². The third-order valence-corrected chi connectivity index (χ3v) is 5.33. The van der Waals surface area contributed by atoms with Crippen molar-refractivity contribution in [3.05, 3.63) is 42.7 Å². The Balaban J connectivity index is 1.52. The topological polar surface area (TPSA) is 119 Å². The summed E-state index contributed by atoms with van der Waals surface area (Å²) < 4.78 is 20.4. The number of hydrogen-bond donors (Lipinski definition) is 3. The Morgan fingerprint density at radius 2 is 1.92 bits per heavy atom.